The van der Waals surface area contributed by atoms with Crippen LogP contribution in [-0.4, -0.2) is 12.8 Å². The second-order valence-corrected chi connectivity index (χ2v) is 5.29. The van der Waals surface area contributed by atoms with Crippen molar-refractivity contribution in [3.63, 3.8) is 0 Å². The van der Waals surface area contributed by atoms with E-state index in [-0.39, 0.29) is 5.41 Å². The predicted octanol–water partition coefficient (Wildman–Crippen LogP) is 5.22. The summed E-state index contributed by atoms with van der Waals surface area (Å²) in [6, 6.07) is 7.87. The van der Waals surface area contributed by atoms with Crippen LogP contribution in [0.1, 0.15) is 46.6 Å². The lowest BCUT2D eigenvalue weighted by Crippen LogP contribution is -2.14. The minimum absolute atomic E-state index is 0.230. The Labute approximate surface area is 111 Å². The zero-order chi connectivity index (χ0) is 13.5. The first kappa shape index (κ1) is 16.2. The Bertz CT molecular complexity index is 361. The maximum atomic E-state index is 6.15. The normalized spacial score (nSPS) is 11.8. The van der Waals surface area contributed by atoms with Crippen LogP contribution in [0.3, 0.4) is 0 Å². The fraction of sp³-hybridized carbons (Fsp3) is 0.533. The van der Waals surface area contributed by atoms with Gasteiger partial charge in [-0.15, -0.1) is 0 Å². The molecule has 0 aromatic heterocycles. The van der Waals surface area contributed by atoms with E-state index in [2.05, 4.69) is 25.8 Å². The van der Waals surface area contributed by atoms with Gasteiger partial charge in [0.2, 0.25) is 0 Å². The van der Waals surface area contributed by atoms with E-state index >= 15 is 0 Å². The van der Waals surface area contributed by atoms with E-state index in [9.17, 15) is 0 Å². The first-order chi connectivity index (χ1) is 7.94. The number of halogens is 1. The third-order valence-corrected chi connectivity index (χ3v) is 2.48. The molecule has 1 rings (SSSR count). The molecular formula is C15H24ClN. The SMILES string of the molecule is CC.CN=C(CC(C)(C)C)c1ccccc1Cl. The van der Waals surface area contributed by atoms with Crippen molar-refractivity contribution in [2.75, 3.05) is 7.05 Å². The van der Waals surface area contributed by atoms with Crippen LogP contribution in [0, 0.1) is 5.41 Å². The van der Waals surface area contributed by atoms with Gasteiger partial charge in [-0.05, 0) is 17.9 Å². The molecule has 0 atom stereocenters. The summed E-state index contributed by atoms with van der Waals surface area (Å²) in [5, 5.41) is 0.780. The smallest absolute Gasteiger partial charge is 0.0496 e. The molecule has 0 bridgehead atoms. The Morgan fingerprint density at radius 1 is 1.18 bits per heavy atom. The van der Waals surface area contributed by atoms with Crippen LogP contribution in [0.2, 0.25) is 5.02 Å². The molecule has 0 N–H and O–H groups in total. The molecule has 2 heteroatoms. The van der Waals surface area contributed by atoms with Gasteiger partial charge in [-0.3, -0.25) is 4.99 Å². The van der Waals surface area contributed by atoms with Gasteiger partial charge in [-0.25, -0.2) is 0 Å². The van der Waals surface area contributed by atoms with E-state index in [0.29, 0.717) is 0 Å². The van der Waals surface area contributed by atoms with Crippen LogP contribution >= 0.6 is 11.6 Å². The number of rotatable bonds is 2. The summed E-state index contributed by atoms with van der Waals surface area (Å²) in [5.74, 6) is 0. The molecule has 0 aliphatic heterocycles. The molecular weight excluding hydrogens is 230 g/mol. The van der Waals surface area contributed by atoms with E-state index in [1.54, 1.807) is 0 Å². The minimum Gasteiger partial charge on any atom is -0.292 e. The number of hydrogen-bond donors (Lipinski definition) is 0. The standard InChI is InChI=1S/C13H18ClN.C2H6/c1-13(2,3)9-12(15-4)10-7-5-6-8-11(10)14;1-2/h5-8H,9H2,1-4H3;1-2H3. The highest BCUT2D eigenvalue weighted by molar-refractivity contribution is 6.34. The van der Waals surface area contributed by atoms with Crippen LogP contribution in [0.25, 0.3) is 0 Å². The van der Waals surface area contributed by atoms with Crippen molar-refractivity contribution in [3.8, 4) is 0 Å². The van der Waals surface area contributed by atoms with Gasteiger partial charge in [0.25, 0.3) is 0 Å². The van der Waals surface area contributed by atoms with Crippen LogP contribution in [-0.2, 0) is 0 Å². The Kier molecular flexibility index (Phi) is 7.13. The fourth-order valence-electron chi connectivity index (χ4n) is 1.49. The fourth-order valence-corrected chi connectivity index (χ4v) is 1.74. The number of aliphatic imine (C=N–C) groups is 1. The zero-order valence-electron chi connectivity index (χ0n) is 11.8. The molecule has 96 valence electrons. The summed E-state index contributed by atoms with van der Waals surface area (Å²) in [6.07, 6.45) is 0.938. The average molecular weight is 254 g/mol. The average Bonchev–Trinajstić information content (AvgIpc) is 2.28. The summed E-state index contributed by atoms with van der Waals surface area (Å²) < 4.78 is 0. The Balaban J connectivity index is 0.00000121. The van der Waals surface area contributed by atoms with Gasteiger partial charge in [-0.2, -0.15) is 0 Å². The first-order valence-corrected chi connectivity index (χ1v) is 6.52. The summed E-state index contributed by atoms with van der Waals surface area (Å²) in [6.45, 7) is 10.6. The molecule has 0 amide bonds. The zero-order valence-corrected chi connectivity index (χ0v) is 12.6. The summed E-state index contributed by atoms with van der Waals surface area (Å²) >= 11 is 6.15. The molecule has 0 saturated heterocycles. The maximum Gasteiger partial charge on any atom is 0.0496 e. The monoisotopic (exact) mass is 253 g/mol. The van der Waals surface area contributed by atoms with Gasteiger partial charge >= 0.3 is 0 Å². The lowest BCUT2D eigenvalue weighted by Gasteiger charge is -2.20. The van der Waals surface area contributed by atoms with Crippen molar-refractivity contribution in [1.29, 1.82) is 0 Å². The topological polar surface area (TPSA) is 12.4 Å². The largest absolute Gasteiger partial charge is 0.292 e. The van der Waals surface area contributed by atoms with Crippen molar-refractivity contribution in [3.05, 3.63) is 34.9 Å². The van der Waals surface area contributed by atoms with E-state index in [0.717, 1.165) is 22.7 Å². The molecule has 1 aromatic carbocycles. The van der Waals surface area contributed by atoms with Crippen LogP contribution in [0.15, 0.2) is 29.3 Å². The third-order valence-electron chi connectivity index (χ3n) is 2.15. The second kappa shape index (κ2) is 7.50. The minimum atomic E-state index is 0.230. The van der Waals surface area contributed by atoms with Gasteiger partial charge in [0, 0.05) is 23.3 Å². The van der Waals surface area contributed by atoms with Crippen molar-refractivity contribution in [1.82, 2.24) is 0 Å². The predicted molar refractivity (Wildman–Crippen MR) is 79.3 cm³/mol. The maximum absolute atomic E-state index is 6.15. The highest BCUT2D eigenvalue weighted by Gasteiger charge is 2.16. The molecule has 1 nitrogen and oxygen atoms in total. The van der Waals surface area contributed by atoms with Crippen molar-refractivity contribution in [2.24, 2.45) is 10.4 Å². The quantitative estimate of drug-likeness (QED) is 0.641. The van der Waals surface area contributed by atoms with Crippen molar-refractivity contribution < 1.29 is 0 Å². The Morgan fingerprint density at radius 3 is 2.12 bits per heavy atom. The van der Waals surface area contributed by atoms with E-state index < -0.39 is 0 Å². The Hall–Kier alpha value is -0.820. The lowest BCUT2D eigenvalue weighted by atomic mass is 9.87. The van der Waals surface area contributed by atoms with Gasteiger partial charge in [-0.1, -0.05) is 64.4 Å². The number of benzene rings is 1. The highest BCUT2D eigenvalue weighted by atomic mass is 35.5. The Morgan fingerprint density at radius 2 is 1.71 bits per heavy atom. The summed E-state index contributed by atoms with van der Waals surface area (Å²) in [5.41, 5.74) is 2.36. The first-order valence-electron chi connectivity index (χ1n) is 6.14. The van der Waals surface area contributed by atoms with Crippen LogP contribution in [0.5, 0.6) is 0 Å². The highest BCUT2D eigenvalue weighted by Crippen LogP contribution is 2.25. The molecule has 0 fully saturated rings. The van der Waals surface area contributed by atoms with Gasteiger partial charge in [0.05, 0.1) is 0 Å². The van der Waals surface area contributed by atoms with Gasteiger partial charge in [0.1, 0.15) is 0 Å². The summed E-state index contributed by atoms with van der Waals surface area (Å²) in [4.78, 5) is 4.34. The van der Waals surface area contributed by atoms with E-state index in [4.69, 9.17) is 11.6 Å². The molecule has 1 aromatic rings. The molecule has 0 aliphatic carbocycles. The third kappa shape index (κ3) is 5.88. The van der Waals surface area contributed by atoms with Crippen molar-refractivity contribution in [2.45, 2.75) is 41.0 Å². The van der Waals surface area contributed by atoms with Gasteiger partial charge in [0.15, 0.2) is 0 Å². The molecule has 17 heavy (non-hydrogen) atoms. The van der Waals surface area contributed by atoms with E-state index in [1.165, 1.54) is 0 Å². The second-order valence-electron chi connectivity index (χ2n) is 4.89. The van der Waals surface area contributed by atoms with Crippen LogP contribution < -0.4 is 0 Å². The molecule has 0 heterocycles. The molecule has 0 saturated carbocycles. The summed E-state index contributed by atoms with van der Waals surface area (Å²) in [7, 11) is 1.82. The molecule has 0 radical (unpaired) electrons. The molecule has 0 aliphatic rings. The number of nitrogens with zero attached hydrogens (tertiary/aromatic N) is 1. The lowest BCUT2D eigenvalue weighted by molar-refractivity contribution is 0.434. The molecule has 0 unspecified atom stereocenters. The van der Waals surface area contributed by atoms with Gasteiger partial charge < -0.3 is 0 Å². The van der Waals surface area contributed by atoms with Crippen LogP contribution in [0.4, 0.5) is 0 Å². The van der Waals surface area contributed by atoms with E-state index in [1.807, 2.05) is 45.2 Å². The van der Waals surface area contributed by atoms with Crippen molar-refractivity contribution >= 4 is 17.3 Å². The number of hydrogen-bond acceptors (Lipinski definition) is 1. The molecule has 0 spiro atoms.